The first-order valence-electron chi connectivity index (χ1n) is 8.44. The normalized spacial score (nSPS) is 35.6. The van der Waals surface area contributed by atoms with Crippen molar-refractivity contribution in [3.63, 3.8) is 0 Å². The second kappa shape index (κ2) is 6.44. The van der Waals surface area contributed by atoms with Gasteiger partial charge < -0.3 is 10.0 Å². The standard InChI is InChI=1S/C16H28N2O2/c19-14-7-4-9-17(11-14)12-16(20)18-10-3-6-13-5-1-2-8-15(13)18/h13-15,19H,1-12H2/t13?,14-,15?/m0/s1. The van der Waals surface area contributed by atoms with Crippen LogP contribution in [0.15, 0.2) is 0 Å². The predicted octanol–water partition coefficient (Wildman–Crippen LogP) is 1.62. The van der Waals surface area contributed by atoms with Crippen molar-refractivity contribution in [1.82, 2.24) is 9.80 Å². The molecule has 0 aromatic heterocycles. The van der Waals surface area contributed by atoms with E-state index in [1.54, 1.807) is 0 Å². The van der Waals surface area contributed by atoms with E-state index in [0.29, 0.717) is 25.0 Å². The Morgan fingerprint density at radius 1 is 1.00 bits per heavy atom. The molecule has 20 heavy (non-hydrogen) atoms. The number of carbonyl (C=O) groups is 1. The van der Waals surface area contributed by atoms with Crippen molar-refractivity contribution in [2.75, 3.05) is 26.2 Å². The number of carbonyl (C=O) groups excluding carboxylic acids is 1. The predicted molar refractivity (Wildman–Crippen MR) is 78.4 cm³/mol. The second-order valence-corrected chi connectivity index (χ2v) is 6.87. The quantitative estimate of drug-likeness (QED) is 0.836. The van der Waals surface area contributed by atoms with Gasteiger partial charge in [-0.3, -0.25) is 9.69 Å². The van der Waals surface area contributed by atoms with Gasteiger partial charge in [-0.15, -0.1) is 0 Å². The molecule has 0 radical (unpaired) electrons. The molecule has 1 aliphatic carbocycles. The molecule has 2 heterocycles. The van der Waals surface area contributed by atoms with Crippen LogP contribution < -0.4 is 0 Å². The number of amides is 1. The summed E-state index contributed by atoms with van der Waals surface area (Å²) in [4.78, 5) is 16.9. The van der Waals surface area contributed by atoms with E-state index in [4.69, 9.17) is 0 Å². The SMILES string of the molecule is O=C(CN1CCC[C@H](O)C1)N1CCCC2CCCCC21. The fourth-order valence-electron chi connectivity index (χ4n) is 4.39. The van der Waals surface area contributed by atoms with Gasteiger partial charge in [0.05, 0.1) is 12.6 Å². The van der Waals surface area contributed by atoms with Crippen LogP contribution in [0.25, 0.3) is 0 Å². The van der Waals surface area contributed by atoms with Gasteiger partial charge in [0.1, 0.15) is 0 Å². The number of aliphatic hydroxyl groups is 1. The van der Waals surface area contributed by atoms with Crippen molar-refractivity contribution < 1.29 is 9.90 Å². The van der Waals surface area contributed by atoms with Crippen molar-refractivity contribution in [2.24, 2.45) is 5.92 Å². The van der Waals surface area contributed by atoms with Gasteiger partial charge in [0.2, 0.25) is 5.91 Å². The molecular weight excluding hydrogens is 252 g/mol. The first-order chi connectivity index (χ1) is 9.74. The highest BCUT2D eigenvalue weighted by molar-refractivity contribution is 5.78. The molecule has 4 heteroatoms. The smallest absolute Gasteiger partial charge is 0.237 e. The average molecular weight is 280 g/mol. The molecule has 0 bridgehead atoms. The third-order valence-corrected chi connectivity index (χ3v) is 5.40. The summed E-state index contributed by atoms with van der Waals surface area (Å²) < 4.78 is 0. The van der Waals surface area contributed by atoms with Gasteiger partial charge in [-0.1, -0.05) is 12.8 Å². The Morgan fingerprint density at radius 3 is 2.60 bits per heavy atom. The topological polar surface area (TPSA) is 43.8 Å². The Morgan fingerprint density at radius 2 is 1.75 bits per heavy atom. The Kier molecular flexibility index (Phi) is 4.61. The summed E-state index contributed by atoms with van der Waals surface area (Å²) in [5.74, 6) is 1.06. The molecule has 1 amide bonds. The van der Waals surface area contributed by atoms with Gasteiger partial charge in [0.15, 0.2) is 0 Å². The molecule has 3 rings (SSSR count). The van der Waals surface area contributed by atoms with E-state index in [1.807, 2.05) is 0 Å². The van der Waals surface area contributed by atoms with Crippen LogP contribution >= 0.6 is 0 Å². The number of fused-ring (bicyclic) bond motifs is 1. The van der Waals surface area contributed by atoms with E-state index in [1.165, 1.54) is 38.5 Å². The van der Waals surface area contributed by atoms with Gasteiger partial charge in [0, 0.05) is 19.1 Å². The van der Waals surface area contributed by atoms with E-state index >= 15 is 0 Å². The van der Waals surface area contributed by atoms with Crippen LogP contribution in [0.1, 0.15) is 51.4 Å². The van der Waals surface area contributed by atoms with Gasteiger partial charge in [0.25, 0.3) is 0 Å². The van der Waals surface area contributed by atoms with Gasteiger partial charge in [-0.2, -0.15) is 0 Å². The van der Waals surface area contributed by atoms with Crippen molar-refractivity contribution in [3.05, 3.63) is 0 Å². The maximum atomic E-state index is 12.6. The Balaban J connectivity index is 1.57. The molecule has 114 valence electrons. The fraction of sp³-hybridized carbons (Fsp3) is 0.938. The second-order valence-electron chi connectivity index (χ2n) is 6.87. The number of likely N-dealkylation sites (tertiary alicyclic amines) is 2. The Labute approximate surface area is 122 Å². The minimum atomic E-state index is -0.236. The lowest BCUT2D eigenvalue weighted by atomic mass is 9.78. The largest absolute Gasteiger partial charge is 0.392 e. The number of nitrogens with zero attached hydrogens (tertiary/aromatic N) is 2. The van der Waals surface area contributed by atoms with Crippen LogP contribution in [0.4, 0.5) is 0 Å². The van der Waals surface area contributed by atoms with Crippen molar-refractivity contribution in [1.29, 1.82) is 0 Å². The lowest BCUT2D eigenvalue weighted by molar-refractivity contribution is -0.139. The molecule has 2 unspecified atom stereocenters. The molecule has 3 atom stereocenters. The summed E-state index contributed by atoms with van der Waals surface area (Å²) in [5, 5.41) is 9.72. The van der Waals surface area contributed by atoms with Crippen molar-refractivity contribution in [3.8, 4) is 0 Å². The van der Waals surface area contributed by atoms with Gasteiger partial charge in [-0.05, 0) is 51.0 Å². The summed E-state index contributed by atoms with van der Waals surface area (Å²) in [6.45, 7) is 3.11. The maximum absolute atomic E-state index is 12.6. The molecular formula is C16H28N2O2. The Bertz CT molecular complexity index is 345. The number of β-amino-alcohol motifs (C(OH)–C–C–N with tert-alkyl or cyclic N) is 1. The molecule has 0 aromatic rings. The third kappa shape index (κ3) is 3.17. The summed E-state index contributed by atoms with van der Waals surface area (Å²) in [6, 6.07) is 0.514. The molecule has 0 spiro atoms. The average Bonchev–Trinajstić information content (AvgIpc) is 2.46. The van der Waals surface area contributed by atoms with Crippen molar-refractivity contribution in [2.45, 2.75) is 63.5 Å². The number of rotatable bonds is 2. The number of aliphatic hydroxyl groups excluding tert-OH is 1. The lowest BCUT2D eigenvalue weighted by Gasteiger charge is -2.45. The minimum absolute atomic E-state index is 0.236. The van der Waals surface area contributed by atoms with Crippen molar-refractivity contribution >= 4 is 5.91 Å². The molecule has 4 nitrogen and oxygen atoms in total. The molecule has 2 saturated heterocycles. The summed E-state index contributed by atoms with van der Waals surface area (Å²) in [5.41, 5.74) is 0. The highest BCUT2D eigenvalue weighted by Crippen LogP contribution is 2.35. The number of hydrogen-bond acceptors (Lipinski definition) is 3. The van der Waals surface area contributed by atoms with Gasteiger partial charge in [-0.25, -0.2) is 0 Å². The van der Waals surface area contributed by atoms with E-state index in [2.05, 4.69) is 9.80 Å². The third-order valence-electron chi connectivity index (χ3n) is 5.40. The fourth-order valence-corrected chi connectivity index (χ4v) is 4.39. The Hall–Kier alpha value is -0.610. The summed E-state index contributed by atoms with van der Waals surface area (Å²) in [6.07, 6.45) is 9.32. The monoisotopic (exact) mass is 280 g/mol. The molecule has 0 aromatic carbocycles. The first kappa shape index (κ1) is 14.3. The maximum Gasteiger partial charge on any atom is 0.237 e. The number of hydrogen-bond donors (Lipinski definition) is 1. The van der Waals surface area contributed by atoms with E-state index in [0.717, 1.165) is 31.8 Å². The van der Waals surface area contributed by atoms with E-state index < -0.39 is 0 Å². The zero-order valence-electron chi connectivity index (χ0n) is 12.5. The summed E-state index contributed by atoms with van der Waals surface area (Å²) in [7, 11) is 0. The minimum Gasteiger partial charge on any atom is -0.392 e. The highest BCUT2D eigenvalue weighted by Gasteiger charge is 2.36. The van der Waals surface area contributed by atoms with E-state index in [9.17, 15) is 9.90 Å². The van der Waals surface area contributed by atoms with Gasteiger partial charge >= 0.3 is 0 Å². The van der Waals surface area contributed by atoms with Crippen LogP contribution in [0.5, 0.6) is 0 Å². The van der Waals surface area contributed by atoms with Crippen LogP contribution in [0.2, 0.25) is 0 Å². The van der Waals surface area contributed by atoms with E-state index in [-0.39, 0.29) is 6.10 Å². The molecule has 3 aliphatic rings. The van der Waals surface area contributed by atoms with Crippen LogP contribution in [-0.4, -0.2) is 59.1 Å². The summed E-state index contributed by atoms with van der Waals surface area (Å²) >= 11 is 0. The zero-order chi connectivity index (χ0) is 13.9. The molecule has 3 fully saturated rings. The lowest BCUT2D eigenvalue weighted by Crippen LogP contribution is -2.53. The zero-order valence-corrected chi connectivity index (χ0v) is 12.5. The molecule has 2 aliphatic heterocycles. The molecule has 1 saturated carbocycles. The van der Waals surface area contributed by atoms with Crippen LogP contribution in [0.3, 0.4) is 0 Å². The molecule has 1 N–H and O–H groups in total. The number of piperidine rings is 2. The first-order valence-corrected chi connectivity index (χ1v) is 8.44. The van der Waals surface area contributed by atoms with Crippen LogP contribution in [0, 0.1) is 5.92 Å². The van der Waals surface area contributed by atoms with Crippen LogP contribution in [-0.2, 0) is 4.79 Å². The highest BCUT2D eigenvalue weighted by atomic mass is 16.3.